The predicted octanol–water partition coefficient (Wildman–Crippen LogP) is 3.66. The third-order valence-corrected chi connectivity index (χ3v) is 8.94. The zero-order valence-corrected chi connectivity index (χ0v) is 20.8. The number of hydrogen-bond acceptors (Lipinski definition) is 6. The Morgan fingerprint density at radius 2 is 1.89 bits per heavy atom. The van der Waals surface area contributed by atoms with E-state index in [1.807, 2.05) is 18.2 Å². The summed E-state index contributed by atoms with van der Waals surface area (Å²) in [4.78, 5) is 34.4. The highest BCUT2D eigenvalue weighted by atomic mass is 16.4. The molecule has 7 rings (SSSR count). The number of aromatic nitrogens is 4. The van der Waals surface area contributed by atoms with Gasteiger partial charge in [0.25, 0.3) is 5.56 Å². The maximum Gasteiger partial charge on any atom is 0.409 e. The summed E-state index contributed by atoms with van der Waals surface area (Å²) in [6, 6.07) is 15.8. The van der Waals surface area contributed by atoms with Gasteiger partial charge >= 0.3 is 6.09 Å². The summed E-state index contributed by atoms with van der Waals surface area (Å²) in [6.45, 7) is 1.54. The quantitative estimate of drug-likeness (QED) is 0.280. The maximum absolute atomic E-state index is 13.4. The summed E-state index contributed by atoms with van der Waals surface area (Å²) < 4.78 is 0. The highest BCUT2D eigenvalue weighted by molar-refractivity contribution is 5.84. The molecule has 194 valence electrons. The molecule has 2 aromatic carbocycles. The summed E-state index contributed by atoms with van der Waals surface area (Å²) >= 11 is 0. The number of nitrogens with one attached hydrogen (secondary N) is 3. The summed E-state index contributed by atoms with van der Waals surface area (Å²) in [6.07, 6.45) is 3.39. The molecule has 3 heterocycles. The lowest BCUT2D eigenvalue weighted by Gasteiger charge is -2.42. The minimum Gasteiger partial charge on any atom is -0.465 e. The number of carbonyl (C=O) groups is 1. The number of nitrogens with two attached hydrogens (primary N) is 1. The lowest BCUT2D eigenvalue weighted by atomic mass is 9.73. The minimum absolute atomic E-state index is 0.0319. The van der Waals surface area contributed by atoms with Crippen molar-refractivity contribution in [1.29, 1.82) is 0 Å². The molecule has 2 fully saturated rings. The van der Waals surface area contributed by atoms with Crippen molar-refractivity contribution < 1.29 is 9.90 Å². The molecule has 1 saturated heterocycles. The van der Waals surface area contributed by atoms with E-state index < -0.39 is 11.5 Å². The average molecular weight is 512 g/mol. The minimum atomic E-state index is -1.12. The molecule has 6 N–H and O–H groups in total. The molecular formula is C28H29N7O3. The Kier molecular flexibility index (Phi) is 4.93. The van der Waals surface area contributed by atoms with E-state index >= 15 is 0 Å². The van der Waals surface area contributed by atoms with Gasteiger partial charge < -0.3 is 15.7 Å². The van der Waals surface area contributed by atoms with Gasteiger partial charge in [-0.2, -0.15) is 10.1 Å². The van der Waals surface area contributed by atoms with E-state index in [1.54, 1.807) is 6.07 Å². The summed E-state index contributed by atoms with van der Waals surface area (Å²) in [7, 11) is 0. The van der Waals surface area contributed by atoms with Crippen molar-refractivity contribution in [3.63, 3.8) is 0 Å². The van der Waals surface area contributed by atoms with Gasteiger partial charge in [0.05, 0.1) is 5.69 Å². The number of carboxylic acid groups (broad SMARTS) is 1. The normalized spacial score (nSPS) is 21.0. The smallest absolute Gasteiger partial charge is 0.409 e. The van der Waals surface area contributed by atoms with Crippen molar-refractivity contribution in [3.8, 4) is 0 Å². The van der Waals surface area contributed by atoms with Crippen molar-refractivity contribution in [2.24, 2.45) is 11.1 Å². The lowest BCUT2D eigenvalue weighted by molar-refractivity contribution is 0.187. The van der Waals surface area contributed by atoms with Gasteiger partial charge in [0, 0.05) is 30.2 Å². The highest BCUT2D eigenvalue weighted by Gasteiger charge is 2.50. The Balaban J connectivity index is 1.16. The number of anilines is 2. The first-order valence-corrected chi connectivity index (χ1v) is 13.1. The van der Waals surface area contributed by atoms with Crippen LogP contribution < -0.4 is 21.5 Å². The molecule has 0 radical (unpaired) electrons. The lowest BCUT2D eigenvalue weighted by Crippen LogP contribution is -2.45. The molecule has 4 aromatic rings. The molecule has 38 heavy (non-hydrogen) atoms. The number of fused-ring (bicyclic) bond motifs is 2. The van der Waals surface area contributed by atoms with Crippen LogP contribution in [0.1, 0.15) is 54.1 Å². The van der Waals surface area contributed by atoms with Crippen molar-refractivity contribution in [2.45, 2.75) is 43.6 Å². The van der Waals surface area contributed by atoms with Crippen LogP contribution in [0.4, 0.5) is 16.4 Å². The second-order valence-electron chi connectivity index (χ2n) is 11.0. The van der Waals surface area contributed by atoms with Crippen molar-refractivity contribution >= 4 is 28.8 Å². The van der Waals surface area contributed by atoms with Gasteiger partial charge in [0.2, 0.25) is 5.95 Å². The van der Waals surface area contributed by atoms with E-state index in [9.17, 15) is 9.59 Å². The van der Waals surface area contributed by atoms with E-state index in [1.165, 1.54) is 11.1 Å². The van der Waals surface area contributed by atoms with Crippen molar-refractivity contribution in [2.75, 3.05) is 23.3 Å². The number of nitrogens with zero attached hydrogens (tertiary/aromatic N) is 3. The zero-order valence-electron chi connectivity index (χ0n) is 20.8. The number of benzene rings is 2. The summed E-state index contributed by atoms with van der Waals surface area (Å²) in [5, 5.41) is 19.5. The standard InChI is InChI=1S/C28H29N7O3/c29-21-19-7-2-1-4-16(19)15-27(21)10-12-35(13-11-27)25-31-23-20(24(36)32-25)22(33-34-23)28(8-9-28)17-5-3-6-18(14-17)30-26(37)38/h1-7,14,21,30H,8-13,15,29H2,(H,37,38)(H2,31,32,33,34,36)/t21-/m1/s1. The third-order valence-electron chi connectivity index (χ3n) is 8.94. The number of piperidine rings is 1. The Morgan fingerprint density at radius 3 is 2.63 bits per heavy atom. The van der Waals surface area contributed by atoms with Crippen LogP contribution in [0.25, 0.3) is 11.0 Å². The van der Waals surface area contributed by atoms with Gasteiger partial charge in [-0.25, -0.2) is 4.79 Å². The predicted molar refractivity (Wildman–Crippen MR) is 144 cm³/mol. The van der Waals surface area contributed by atoms with Gasteiger partial charge in [-0.15, -0.1) is 0 Å². The van der Waals surface area contributed by atoms with Crippen LogP contribution in [-0.4, -0.2) is 44.5 Å². The Morgan fingerprint density at radius 1 is 1.11 bits per heavy atom. The Labute approximate surface area is 218 Å². The largest absolute Gasteiger partial charge is 0.465 e. The van der Waals surface area contributed by atoms with Crippen LogP contribution in [0.15, 0.2) is 53.3 Å². The molecule has 10 heteroatoms. The fourth-order valence-corrected chi connectivity index (χ4v) is 6.70. The van der Waals surface area contributed by atoms with Gasteiger partial charge in [0.15, 0.2) is 5.65 Å². The SMILES string of the molecule is N[C@@H]1c2ccccc2CC12CCN(c1nc3[nH]nc(C4(c5cccc(NC(=O)O)c5)CC4)c3c(=O)[nH]1)CC2. The Bertz CT molecular complexity index is 1630. The van der Waals surface area contributed by atoms with Gasteiger partial charge in [0.1, 0.15) is 5.39 Å². The molecule has 1 atom stereocenters. The third kappa shape index (κ3) is 3.43. The van der Waals surface area contributed by atoms with Crippen LogP contribution in [-0.2, 0) is 11.8 Å². The number of amides is 1. The topological polar surface area (TPSA) is 153 Å². The van der Waals surface area contributed by atoms with Crippen molar-refractivity contribution in [3.05, 3.63) is 81.3 Å². The van der Waals surface area contributed by atoms with Crippen LogP contribution in [0.2, 0.25) is 0 Å². The number of hydrogen-bond donors (Lipinski definition) is 5. The second-order valence-corrected chi connectivity index (χ2v) is 11.0. The summed E-state index contributed by atoms with van der Waals surface area (Å²) in [5.74, 6) is 0.550. The van der Waals surface area contributed by atoms with Crippen LogP contribution in [0, 0.1) is 5.41 Å². The van der Waals surface area contributed by atoms with Gasteiger partial charge in [-0.3, -0.25) is 20.2 Å². The fourth-order valence-electron chi connectivity index (χ4n) is 6.70. The summed E-state index contributed by atoms with van der Waals surface area (Å²) in [5.41, 5.74) is 11.3. The molecule has 1 aliphatic heterocycles. The molecule has 1 saturated carbocycles. The molecule has 0 bridgehead atoms. The average Bonchev–Trinajstić information content (AvgIpc) is 3.53. The molecule has 2 aliphatic carbocycles. The molecule has 1 amide bonds. The molecular weight excluding hydrogens is 482 g/mol. The van der Waals surface area contributed by atoms with E-state index in [4.69, 9.17) is 15.8 Å². The van der Waals surface area contributed by atoms with Crippen LogP contribution in [0.5, 0.6) is 0 Å². The molecule has 3 aliphatic rings. The van der Waals surface area contributed by atoms with Crippen molar-refractivity contribution in [1.82, 2.24) is 20.2 Å². The van der Waals surface area contributed by atoms with Gasteiger partial charge in [-0.1, -0.05) is 36.4 Å². The van der Waals surface area contributed by atoms with Gasteiger partial charge in [-0.05, 0) is 66.3 Å². The van der Waals surface area contributed by atoms with E-state index in [-0.39, 0.29) is 17.0 Å². The van der Waals surface area contributed by atoms with E-state index in [2.05, 4.69) is 49.7 Å². The molecule has 1 spiro atoms. The first kappa shape index (κ1) is 23.0. The monoisotopic (exact) mass is 511 g/mol. The number of aromatic amines is 2. The van der Waals surface area contributed by atoms with E-state index in [0.29, 0.717) is 28.4 Å². The number of rotatable bonds is 4. The second kappa shape index (κ2) is 8.16. The first-order chi connectivity index (χ1) is 18.4. The molecule has 0 unspecified atom stereocenters. The van der Waals surface area contributed by atoms with Crippen LogP contribution in [0.3, 0.4) is 0 Å². The molecule has 2 aromatic heterocycles. The fraction of sp³-hybridized carbons (Fsp3) is 0.357. The molecule has 10 nitrogen and oxygen atoms in total. The van der Waals surface area contributed by atoms with Crippen LogP contribution >= 0.6 is 0 Å². The maximum atomic E-state index is 13.4. The highest BCUT2D eigenvalue weighted by Crippen LogP contribution is 2.54. The first-order valence-electron chi connectivity index (χ1n) is 13.1. The number of H-pyrrole nitrogens is 2. The Hall–Kier alpha value is -4.18. The zero-order chi connectivity index (χ0) is 26.1. The van der Waals surface area contributed by atoms with E-state index in [0.717, 1.165) is 50.8 Å².